The van der Waals surface area contributed by atoms with E-state index in [1.807, 2.05) is 24.3 Å². The van der Waals surface area contributed by atoms with Crippen molar-refractivity contribution in [3.8, 4) is 0 Å². The summed E-state index contributed by atoms with van der Waals surface area (Å²) in [5, 5.41) is 7.43. The Morgan fingerprint density at radius 1 is 1.16 bits per heavy atom. The normalized spacial score (nSPS) is 14.6. The predicted molar refractivity (Wildman–Crippen MR) is 77.0 cm³/mol. The van der Waals surface area contributed by atoms with E-state index in [4.69, 9.17) is 11.6 Å². The van der Waals surface area contributed by atoms with Crippen molar-refractivity contribution in [3.05, 3.63) is 46.9 Å². The summed E-state index contributed by atoms with van der Waals surface area (Å²) in [4.78, 5) is 8.75. The molecule has 5 heteroatoms. The van der Waals surface area contributed by atoms with Gasteiger partial charge in [0.25, 0.3) is 0 Å². The van der Waals surface area contributed by atoms with Crippen molar-refractivity contribution in [2.24, 2.45) is 0 Å². The predicted octanol–water partition coefficient (Wildman–Crippen LogP) is 2.56. The molecular formula is C14H15ClN4. The molecule has 98 valence electrons. The van der Waals surface area contributed by atoms with Crippen LogP contribution < -0.4 is 10.6 Å². The maximum atomic E-state index is 6.00. The van der Waals surface area contributed by atoms with E-state index >= 15 is 0 Å². The molecule has 2 heterocycles. The third-order valence-electron chi connectivity index (χ3n) is 3.21. The van der Waals surface area contributed by atoms with Crippen LogP contribution in [0.2, 0.25) is 5.02 Å². The minimum Gasteiger partial charge on any atom is -0.340 e. The van der Waals surface area contributed by atoms with Crippen LogP contribution in [-0.2, 0) is 12.8 Å². The SMILES string of the molecule is Clc1cccc(Nc2ncnc3c2CCNCC3)c1. The molecule has 0 unspecified atom stereocenters. The fraction of sp³-hybridized carbons (Fsp3) is 0.286. The van der Waals surface area contributed by atoms with Gasteiger partial charge in [0.2, 0.25) is 0 Å². The van der Waals surface area contributed by atoms with Gasteiger partial charge >= 0.3 is 0 Å². The Balaban J connectivity index is 1.93. The molecule has 1 aliphatic rings. The molecule has 3 rings (SSSR count). The molecule has 4 nitrogen and oxygen atoms in total. The minimum atomic E-state index is 0.715. The van der Waals surface area contributed by atoms with Crippen LogP contribution >= 0.6 is 11.6 Å². The zero-order chi connectivity index (χ0) is 13.1. The molecule has 0 saturated heterocycles. The van der Waals surface area contributed by atoms with Gasteiger partial charge in [-0.2, -0.15) is 0 Å². The van der Waals surface area contributed by atoms with Crippen LogP contribution in [0.5, 0.6) is 0 Å². The number of rotatable bonds is 2. The fourth-order valence-corrected chi connectivity index (χ4v) is 2.47. The summed E-state index contributed by atoms with van der Waals surface area (Å²) in [6, 6.07) is 7.66. The first kappa shape index (κ1) is 12.4. The molecule has 0 aliphatic carbocycles. The molecular weight excluding hydrogens is 260 g/mol. The molecule has 1 aromatic carbocycles. The summed E-state index contributed by atoms with van der Waals surface area (Å²) in [7, 11) is 0. The van der Waals surface area contributed by atoms with Crippen molar-refractivity contribution >= 4 is 23.1 Å². The number of benzene rings is 1. The number of aromatic nitrogens is 2. The zero-order valence-electron chi connectivity index (χ0n) is 10.5. The second-order valence-electron chi connectivity index (χ2n) is 4.53. The summed E-state index contributed by atoms with van der Waals surface area (Å²) in [5.74, 6) is 0.885. The maximum absolute atomic E-state index is 6.00. The zero-order valence-corrected chi connectivity index (χ0v) is 11.2. The van der Waals surface area contributed by atoms with Crippen LogP contribution in [-0.4, -0.2) is 23.1 Å². The standard InChI is InChI=1S/C14H15ClN4/c15-10-2-1-3-11(8-10)19-14-12-4-6-16-7-5-13(12)17-9-18-14/h1-3,8-9,16H,4-7H2,(H,17,18,19). The lowest BCUT2D eigenvalue weighted by atomic mass is 10.1. The van der Waals surface area contributed by atoms with Gasteiger partial charge in [0.15, 0.2) is 0 Å². The van der Waals surface area contributed by atoms with Gasteiger partial charge in [-0.15, -0.1) is 0 Å². The lowest BCUT2D eigenvalue weighted by molar-refractivity contribution is 0.708. The van der Waals surface area contributed by atoms with Crippen molar-refractivity contribution in [2.75, 3.05) is 18.4 Å². The second kappa shape index (κ2) is 5.55. The molecule has 0 spiro atoms. The Morgan fingerprint density at radius 2 is 2.05 bits per heavy atom. The van der Waals surface area contributed by atoms with Gasteiger partial charge in [-0.05, 0) is 31.2 Å². The highest BCUT2D eigenvalue weighted by molar-refractivity contribution is 6.30. The molecule has 0 bridgehead atoms. The Morgan fingerprint density at radius 3 is 2.95 bits per heavy atom. The van der Waals surface area contributed by atoms with E-state index in [2.05, 4.69) is 20.6 Å². The fourth-order valence-electron chi connectivity index (χ4n) is 2.28. The molecule has 2 N–H and O–H groups in total. The van der Waals surface area contributed by atoms with Crippen molar-refractivity contribution < 1.29 is 0 Å². The van der Waals surface area contributed by atoms with Gasteiger partial charge in [0.05, 0.1) is 5.69 Å². The van der Waals surface area contributed by atoms with Gasteiger partial charge < -0.3 is 10.6 Å². The molecule has 2 aromatic rings. The summed E-state index contributed by atoms with van der Waals surface area (Å²) in [6.07, 6.45) is 3.51. The Kier molecular flexibility index (Phi) is 3.62. The highest BCUT2D eigenvalue weighted by atomic mass is 35.5. The molecule has 0 amide bonds. The van der Waals surface area contributed by atoms with E-state index in [0.717, 1.165) is 43.1 Å². The van der Waals surface area contributed by atoms with Crippen molar-refractivity contribution in [1.82, 2.24) is 15.3 Å². The highest BCUT2D eigenvalue weighted by Crippen LogP contribution is 2.23. The molecule has 1 aliphatic heterocycles. The molecule has 0 saturated carbocycles. The number of nitrogens with one attached hydrogen (secondary N) is 2. The van der Waals surface area contributed by atoms with E-state index in [0.29, 0.717) is 5.02 Å². The first-order chi connectivity index (χ1) is 9.33. The maximum Gasteiger partial charge on any atom is 0.137 e. The van der Waals surface area contributed by atoms with Gasteiger partial charge in [0, 0.05) is 29.2 Å². The number of halogens is 1. The first-order valence-corrected chi connectivity index (χ1v) is 6.77. The minimum absolute atomic E-state index is 0.715. The largest absolute Gasteiger partial charge is 0.340 e. The first-order valence-electron chi connectivity index (χ1n) is 6.39. The van der Waals surface area contributed by atoms with Crippen molar-refractivity contribution in [1.29, 1.82) is 0 Å². The average molecular weight is 275 g/mol. The van der Waals surface area contributed by atoms with E-state index in [-0.39, 0.29) is 0 Å². The number of nitrogens with zero attached hydrogens (tertiary/aromatic N) is 2. The van der Waals surface area contributed by atoms with E-state index in [9.17, 15) is 0 Å². The number of hydrogen-bond acceptors (Lipinski definition) is 4. The monoisotopic (exact) mass is 274 g/mol. The van der Waals surface area contributed by atoms with Crippen LogP contribution in [0.25, 0.3) is 0 Å². The lowest BCUT2D eigenvalue weighted by Gasteiger charge is -2.12. The van der Waals surface area contributed by atoms with Crippen LogP contribution in [0.15, 0.2) is 30.6 Å². The number of anilines is 2. The van der Waals surface area contributed by atoms with Gasteiger partial charge in [0.1, 0.15) is 12.1 Å². The number of hydrogen-bond donors (Lipinski definition) is 2. The Labute approximate surface area is 117 Å². The van der Waals surface area contributed by atoms with E-state index in [1.165, 1.54) is 5.56 Å². The molecule has 19 heavy (non-hydrogen) atoms. The van der Waals surface area contributed by atoms with Gasteiger partial charge in [-0.3, -0.25) is 0 Å². The van der Waals surface area contributed by atoms with Gasteiger partial charge in [-0.1, -0.05) is 17.7 Å². The summed E-state index contributed by atoms with van der Waals surface area (Å²) in [6.45, 7) is 1.94. The molecule has 0 radical (unpaired) electrons. The van der Waals surface area contributed by atoms with Gasteiger partial charge in [-0.25, -0.2) is 9.97 Å². The summed E-state index contributed by atoms with van der Waals surface area (Å²) in [5.41, 5.74) is 3.28. The highest BCUT2D eigenvalue weighted by Gasteiger charge is 2.14. The third-order valence-corrected chi connectivity index (χ3v) is 3.45. The molecule has 0 fully saturated rings. The topological polar surface area (TPSA) is 49.8 Å². The number of fused-ring (bicyclic) bond motifs is 1. The van der Waals surface area contributed by atoms with Crippen molar-refractivity contribution in [2.45, 2.75) is 12.8 Å². The van der Waals surface area contributed by atoms with E-state index < -0.39 is 0 Å². The molecule has 1 aromatic heterocycles. The Hall–Kier alpha value is -1.65. The summed E-state index contributed by atoms with van der Waals surface area (Å²) < 4.78 is 0. The van der Waals surface area contributed by atoms with Crippen LogP contribution in [0.1, 0.15) is 11.3 Å². The third kappa shape index (κ3) is 2.85. The smallest absolute Gasteiger partial charge is 0.137 e. The summed E-state index contributed by atoms with van der Waals surface area (Å²) >= 11 is 6.00. The lowest BCUT2D eigenvalue weighted by Crippen LogP contribution is -2.16. The quantitative estimate of drug-likeness (QED) is 0.884. The Bertz CT molecular complexity index is 585. The molecule has 0 atom stereocenters. The van der Waals surface area contributed by atoms with Crippen LogP contribution in [0.4, 0.5) is 11.5 Å². The van der Waals surface area contributed by atoms with Crippen LogP contribution in [0.3, 0.4) is 0 Å². The van der Waals surface area contributed by atoms with Crippen LogP contribution in [0, 0.1) is 0 Å². The van der Waals surface area contributed by atoms with E-state index in [1.54, 1.807) is 6.33 Å². The second-order valence-corrected chi connectivity index (χ2v) is 4.97. The van der Waals surface area contributed by atoms with Crippen molar-refractivity contribution in [3.63, 3.8) is 0 Å². The average Bonchev–Trinajstić information content (AvgIpc) is 2.65.